The van der Waals surface area contributed by atoms with Gasteiger partial charge in [0.05, 0.1) is 12.2 Å². The Labute approximate surface area is 116 Å². The molecule has 1 fully saturated rings. The molecule has 2 rings (SSSR count). The molecule has 1 heterocycles. The van der Waals surface area contributed by atoms with E-state index in [1.165, 1.54) is 28.7 Å². The lowest BCUT2D eigenvalue weighted by molar-refractivity contribution is 0.0812. The van der Waals surface area contributed by atoms with Gasteiger partial charge in [0.1, 0.15) is 0 Å². The Kier molecular flexibility index (Phi) is 5.00. The van der Waals surface area contributed by atoms with Gasteiger partial charge in [0.2, 0.25) is 0 Å². The minimum Gasteiger partial charge on any atom is -0.393 e. The number of benzene rings is 1. The first kappa shape index (κ1) is 14.5. The van der Waals surface area contributed by atoms with Crippen LogP contribution in [-0.4, -0.2) is 23.9 Å². The summed E-state index contributed by atoms with van der Waals surface area (Å²) in [6, 6.07) is 4.41. The monoisotopic (exact) mass is 262 g/mol. The smallest absolute Gasteiger partial charge is 0.0581 e. The minimum atomic E-state index is -0.246. The summed E-state index contributed by atoms with van der Waals surface area (Å²) in [6.07, 6.45) is 5.08. The molecule has 0 bridgehead atoms. The second kappa shape index (κ2) is 6.53. The van der Waals surface area contributed by atoms with Crippen LogP contribution in [0, 0.1) is 20.8 Å². The third kappa shape index (κ3) is 4.05. The van der Waals surface area contributed by atoms with Gasteiger partial charge in [-0.15, -0.1) is 0 Å². The summed E-state index contributed by atoms with van der Waals surface area (Å²) in [4.78, 5) is 0. The third-order valence-corrected chi connectivity index (χ3v) is 4.13. The molecule has 0 aromatic heterocycles. The lowest BCUT2D eigenvalue weighted by atomic mass is 9.93. The van der Waals surface area contributed by atoms with Crippen molar-refractivity contribution >= 4 is 0 Å². The highest BCUT2D eigenvalue weighted by Crippen LogP contribution is 2.22. The van der Waals surface area contributed by atoms with Gasteiger partial charge in [-0.2, -0.15) is 0 Å². The molecule has 0 saturated carbocycles. The fourth-order valence-corrected chi connectivity index (χ4v) is 3.12. The standard InChI is InChI=1S/C17H26O2/c1-12-9-13(2)17(14(3)10-12)11-15(18)6-7-16-5-4-8-19-16/h9-10,15-16,18H,4-8,11H2,1-3H3. The summed E-state index contributed by atoms with van der Waals surface area (Å²) in [5, 5.41) is 10.2. The second-order valence-electron chi connectivity index (χ2n) is 5.95. The summed E-state index contributed by atoms with van der Waals surface area (Å²) in [5.74, 6) is 0. The molecular weight excluding hydrogens is 236 g/mol. The predicted octanol–water partition coefficient (Wildman–Crippen LogP) is 3.47. The highest BCUT2D eigenvalue weighted by atomic mass is 16.5. The molecule has 1 aromatic carbocycles. The van der Waals surface area contributed by atoms with E-state index in [1.807, 2.05) is 0 Å². The quantitative estimate of drug-likeness (QED) is 0.880. The molecule has 2 nitrogen and oxygen atoms in total. The van der Waals surface area contributed by atoms with Crippen LogP contribution in [-0.2, 0) is 11.2 Å². The summed E-state index contributed by atoms with van der Waals surface area (Å²) < 4.78 is 5.61. The first-order chi connectivity index (χ1) is 9.06. The lowest BCUT2D eigenvalue weighted by Crippen LogP contribution is -2.16. The molecule has 1 aliphatic rings. The van der Waals surface area contributed by atoms with E-state index >= 15 is 0 Å². The molecule has 106 valence electrons. The first-order valence-electron chi connectivity index (χ1n) is 7.42. The van der Waals surface area contributed by atoms with Crippen LogP contribution < -0.4 is 0 Å². The lowest BCUT2D eigenvalue weighted by Gasteiger charge is -2.17. The molecule has 1 N–H and O–H groups in total. The van der Waals surface area contributed by atoms with Crippen molar-refractivity contribution < 1.29 is 9.84 Å². The highest BCUT2D eigenvalue weighted by Gasteiger charge is 2.18. The Morgan fingerprint density at radius 2 is 1.95 bits per heavy atom. The van der Waals surface area contributed by atoms with Crippen LogP contribution in [0.4, 0.5) is 0 Å². The number of hydrogen-bond acceptors (Lipinski definition) is 2. The van der Waals surface area contributed by atoms with E-state index in [0.29, 0.717) is 6.10 Å². The largest absolute Gasteiger partial charge is 0.393 e. The fourth-order valence-electron chi connectivity index (χ4n) is 3.12. The molecule has 1 saturated heterocycles. The van der Waals surface area contributed by atoms with Gasteiger partial charge in [-0.1, -0.05) is 17.7 Å². The second-order valence-corrected chi connectivity index (χ2v) is 5.95. The Balaban J connectivity index is 1.89. The summed E-state index contributed by atoms with van der Waals surface area (Å²) in [5.41, 5.74) is 5.21. The third-order valence-electron chi connectivity index (χ3n) is 4.13. The van der Waals surface area contributed by atoms with Crippen molar-refractivity contribution in [1.82, 2.24) is 0 Å². The Hall–Kier alpha value is -0.860. The zero-order valence-electron chi connectivity index (χ0n) is 12.4. The number of ether oxygens (including phenoxy) is 1. The van der Waals surface area contributed by atoms with Crippen LogP contribution in [0.3, 0.4) is 0 Å². The molecular formula is C17H26O2. The molecule has 1 aliphatic heterocycles. The molecule has 0 radical (unpaired) electrons. The summed E-state index contributed by atoms with van der Waals surface area (Å²) in [6.45, 7) is 7.30. The van der Waals surface area contributed by atoms with Gasteiger partial charge in [-0.3, -0.25) is 0 Å². The Morgan fingerprint density at radius 3 is 2.53 bits per heavy atom. The molecule has 1 aromatic rings. The maximum atomic E-state index is 10.2. The zero-order chi connectivity index (χ0) is 13.8. The van der Waals surface area contributed by atoms with Crippen LogP contribution in [0.1, 0.15) is 47.9 Å². The van der Waals surface area contributed by atoms with Crippen molar-refractivity contribution in [3.63, 3.8) is 0 Å². The van der Waals surface area contributed by atoms with Crippen molar-refractivity contribution in [3.05, 3.63) is 34.4 Å². The molecule has 2 unspecified atom stereocenters. The van der Waals surface area contributed by atoms with E-state index < -0.39 is 0 Å². The van der Waals surface area contributed by atoms with E-state index in [0.717, 1.165) is 32.3 Å². The highest BCUT2D eigenvalue weighted by molar-refractivity contribution is 5.37. The van der Waals surface area contributed by atoms with Crippen LogP contribution in [0.2, 0.25) is 0 Å². The fraction of sp³-hybridized carbons (Fsp3) is 0.647. The number of hydrogen-bond donors (Lipinski definition) is 1. The van der Waals surface area contributed by atoms with E-state index in [9.17, 15) is 5.11 Å². The van der Waals surface area contributed by atoms with Crippen molar-refractivity contribution in [1.29, 1.82) is 0 Å². The van der Waals surface area contributed by atoms with Gasteiger partial charge in [-0.05, 0) is 69.6 Å². The number of aliphatic hydroxyl groups is 1. The normalized spacial score (nSPS) is 20.7. The SMILES string of the molecule is Cc1cc(C)c(CC(O)CCC2CCCO2)c(C)c1. The van der Waals surface area contributed by atoms with Crippen LogP contribution >= 0.6 is 0 Å². The molecule has 0 amide bonds. The van der Waals surface area contributed by atoms with Gasteiger partial charge in [0.25, 0.3) is 0 Å². The maximum Gasteiger partial charge on any atom is 0.0581 e. The van der Waals surface area contributed by atoms with Crippen LogP contribution in [0.15, 0.2) is 12.1 Å². The van der Waals surface area contributed by atoms with Crippen molar-refractivity contribution in [2.24, 2.45) is 0 Å². The van der Waals surface area contributed by atoms with Crippen molar-refractivity contribution in [3.8, 4) is 0 Å². The molecule has 2 atom stereocenters. The number of aryl methyl sites for hydroxylation is 3. The Bertz CT molecular complexity index is 396. The van der Waals surface area contributed by atoms with E-state index in [2.05, 4.69) is 32.9 Å². The van der Waals surface area contributed by atoms with E-state index in [-0.39, 0.29) is 6.10 Å². The number of rotatable bonds is 5. The topological polar surface area (TPSA) is 29.5 Å². The van der Waals surface area contributed by atoms with Gasteiger partial charge >= 0.3 is 0 Å². The summed E-state index contributed by atoms with van der Waals surface area (Å²) >= 11 is 0. The van der Waals surface area contributed by atoms with Crippen LogP contribution in [0.25, 0.3) is 0 Å². The molecule has 0 aliphatic carbocycles. The van der Waals surface area contributed by atoms with E-state index in [1.54, 1.807) is 0 Å². The van der Waals surface area contributed by atoms with Crippen LogP contribution in [0.5, 0.6) is 0 Å². The van der Waals surface area contributed by atoms with Crippen molar-refractivity contribution in [2.75, 3.05) is 6.61 Å². The predicted molar refractivity (Wildman–Crippen MR) is 78.6 cm³/mol. The maximum absolute atomic E-state index is 10.2. The molecule has 19 heavy (non-hydrogen) atoms. The van der Waals surface area contributed by atoms with Gasteiger partial charge in [-0.25, -0.2) is 0 Å². The average Bonchev–Trinajstić information content (AvgIpc) is 2.84. The van der Waals surface area contributed by atoms with Crippen molar-refractivity contribution in [2.45, 2.75) is 65.1 Å². The number of aliphatic hydroxyl groups excluding tert-OH is 1. The van der Waals surface area contributed by atoms with Gasteiger partial charge in [0, 0.05) is 6.61 Å². The first-order valence-corrected chi connectivity index (χ1v) is 7.42. The summed E-state index contributed by atoms with van der Waals surface area (Å²) in [7, 11) is 0. The zero-order valence-corrected chi connectivity index (χ0v) is 12.4. The molecule has 0 spiro atoms. The average molecular weight is 262 g/mol. The molecule has 2 heteroatoms. The Morgan fingerprint density at radius 1 is 1.26 bits per heavy atom. The van der Waals surface area contributed by atoms with E-state index in [4.69, 9.17) is 4.74 Å². The minimum absolute atomic E-state index is 0.246. The van der Waals surface area contributed by atoms with Gasteiger partial charge < -0.3 is 9.84 Å². The van der Waals surface area contributed by atoms with Gasteiger partial charge in [0.15, 0.2) is 0 Å².